The van der Waals surface area contributed by atoms with Crippen LogP contribution in [0, 0.1) is 5.82 Å². The molecule has 8 heteroatoms. The maximum absolute atomic E-state index is 12.9. The maximum Gasteiger partial charge on any atom is 0.124 e. The zero-order valence-electron chi connectivity index (χ0n) is 10.9. The summed E-state index contributed by atoms with van der Waals surface area (Å²) in [6.07, 6.45) is -7.77. The fourth-order valence-corrected chi connectivity index (χ4v) is 2.60. The molecule has 2 rings (SSSR count). The number of aliphatic hydroxyl groups is 5. The number of hydrogen-bond acceptors (Lipinski definition) is 6. The van der Waals surface area contributed by atoms with Crippen molar-refractivity contribution >= 4 is 11.6 Å². The fraction of sp³-hybridized carbons (Fsp3) is 0.538. The predicted octanol–water partition coefficient (Wildman–Crippen LogP) is -1.24. The van der Waals surface area contributed by atoms with Crippen molar-refractivity contribution < 1.29 is 29.9 Å². The summed E-state index contributed by atoms with van der Waals surface area (Å²) in [7, 11) is 0. The van der Waals surface area contributed by atoms with Gasteiger partial charge in [0, 0.05) is 11.6 Å². The molecule has 21 heavy (non-hydrogen) atoms. The molecule has 1 aliphatic carbocycles. The molecule has 118 valence electrons. The van der Waals surface area contributed by atoms with Crippen molar-refractivity contribution in [1.82, 2.24) is 5.32 Å². The maximum atomic E-state index is 12.9. The van der Waals surface area contributed by atoms with Crippen molar-refractivity contribution in [1.29, 1.82) is 0 Å². The van der Waals surface area contributed by atoms with Crippen molar-refractivity contribution in [3.05, 3.63) is 34.6 Å². The van der Waals surface area contributed by atoms with E-state index >= 15 is 0 Å². The zero-order chi connectivity index (χ0) is 15.7. The molecule has 6 nitrogen and oxygen atoms in total. The molecular formula is C13H17ClFNO5. The van der Waals surface area contributed by atoms with Gasteiger partial charge in [-0.15, -0.1) is 0 Å². The molecule has 0 aliphatic heterocycles. The van der Waals surface area contributed by atoms with Crippen LogP contribution >= 0.6 is 11.6 Å². The molecule has 1 aromatic rings. The predicted molar refractivity (Wildman–Crippen MR) is 72.1 cm³/mol. The smallest absolute Gasteiger partial charge is 0.124 e. The summed E-state index contributed by atoms with van der Waals surface area (Å²) < 4.78 is 12.9. The highest BCUT2D eigenvalue weighted by molar-refractivity contribution is 6.31. The molecule has 0 saturated heterocycles. The van der Waals surface area contributed by atoms with Crippen LogP contribution in [0.3, 0.4) is 0 Å². The largest absolute Gasteiger partial charge is 0.389 e. The molecule has 1 aromatic carbocycles. The second kappa shape index (κ2) is 6.53. The van der Waals surface area contributed by atoms with E-state index < -0.39 is 42.4 Å². The van der Waals surface area contributed by atoms with Gasteiger partial charge in [0.15, 0.2) is 0 Å². The molecule has 0 spiro atoms. The summed E-state index contributed by atoms with van der Waals surface area (Å²) in [4.78, 5) is 0. The monoisotopic (exact) mass is 321 g/mol. The number of nitrogens with one attached hydrogen (secondary N) is 1. The van der Waals surface area contributed by atoms with Crippen LogP contribution in [-0.2, 0) is 6.54 Å². The van der Waals surface area contributed by atoms with Crippen molar-refractivity contribution in [3.8, 4) is 0 Å². The zero-order valence-corrected chi connectivity index (χ0v) is 11.7. The average molecular weight is 322 g/mol. The molecule has 6 N–H and O–H groups in total. The number of rotatable bonds is 3. The lowest BCUT2D eigenvalue weighted by molar-refractivity contribution is -0.190. The van der Waals surface area contributed by atoms with E-state index in [0.717, 1.165) is 6.07 Å². The first-order valence-electron chi connectivity index (χ1n) is 6.40. The molecule has 6 atom stereocenters. The molecule has 1 aliphatic rings. The van der Waals surface area contributed by atoms with Crippen molar-refractivity contribution in [2.45, 2.75) is 43.1 Å². The Morgan fingerprint density at radius 3 is 2.00 bits per heavy atom. The van der Waals surface area contributed by atoms with Gasteiger partial charge in [0.2, 0.25) is 0 Å². The Balaban J connectivity index is 2.07. The Bertz CT molecular complexity index is 489. The lowest BCUT2D eigenvalue weighted by Gasteiger charge is -2.42. The highest BCUT2D eigenvalue weighted by atomic mass is 35.5. The third-order valence-electron chi connectivity index (χ3n) is 3.68. The van der Waals surface area contributed by atoms with Gasteiger partial charge in [-0.2, -0.15) is 0 Å². The lowest BCUT2D eigenvalue weighted by Crippen LogP contribution is -2.67. The fourth-order valence-electron chi connectivity index (χ4n) is 2.37. The number of aliphatic hydroxyl groups excluding tert-OH is 5. The quantitative estimate of drug-likeness (QED) is 0.415. The van der Waals surface area contributed by atoms with E-state index in [-0.39, 0.29) is 11.6 Å². The molecular weight excluding hydrogens is 305 g/mol. The third kappa shape index (κ3) is 3.35. The second-order valence-electron chi connectivity index (χ2n) is 5.10. The van der Waals surface area contributed by atoms with Crippen LogP contribution in [-0.4, -0.2) is 62.1 Å². The first-order chi connectivity index (χ1) is 9.82. The van der Waals surface area contributed by atoms with Gasteiger partial charge in [0.25, 0.3) is 0 Å². The minimum Gasteiger partial charge on any atom is -0.389 e. The molecule has 0 heterocycles. The van der Waals surface area contributed by atoms with Crippen LogP contribution in [0.5, 0.6) is 0 Å². The van der Waals surface area contributed by atoms with Crippen LogP contribution in [0.15, 0.2) is 18.2 Å². The Hall–Kier alpha value is -0.800. The van der Waals surface area contributed by atoms with Gasteiger partial charge in [-0.3, -0.25) is 0 Å². The van der Waals surface area contributed by atoms with Crippen LogP contribution in [0.2, 0.25) is 5.02 Å². The standard InChI is InChI=1S/C13H17ClFNO5/c14-7-3-6(15)2-1-5(7)4-16-8-9(17)11(19)13(21)12(20)10(8)18/h1-3,8-13,16-21H,4H2/t8?,9-,10+,11+,12-,13?. The van der Waals surface area contributed by atoms with E-state index in [1.807, 2.05) is 0 Å². The lowest BCUT2D eigenvalue weighted by atomic mass is 9.83. The number of halogens is 2. The van der Waals surface area contributed by atoms with Crippen LogP contribution in [0.4, 0.5) is 4.39 Å². The molecule has 1 fully saturated rings. The highest BCUT2D eigenvalue weighted by Gasteiger charge is 2.47. The summed E-state index contributed by atoms with van der Waals surface area (Å²) in [5.41, 5.74) is 0.521. The minimum atomic E-state index is -1.64. The first kappa shape index (κ1) is 16.6. The van der Waals surface area contributed by atoms with Gasteiger partial charge >= 0.3 is 0 Å². The van der Waals surface area contributed by atoms with Gasteiger partial charge < -0.3 is 30.8 Å². The molecule has 1 saturated carbocycles. The third-order valence-corrected chi connectivity index (χ3v) is 4.03. The highest BCUT2D eigenvalue weighted by Crippen LogP contribution is 2.23. The first-order valence-corrected chi connectivity index (χ1v) is 6.78. The van der Waals surface area contributed by atoms with Crippen molar-refractivity contribution in [2.75, 3.05) is 0 Å². The van der Waals surface area contributed by atoms with E-state index in [2.05, 4.69) is 5.32 Å². The van der Waals surface area contributed by atoms with Gasteiger partial charge in [-0.25, -0.2) is 4.39 Å². The SMILES string of the molecule is OC1[C@@H](O)[C@H](O)C(NCc2ccc(F)cc2Cl)[C@H](O)[C@H]1O. The topological polar surface area (TPSA) is 113 Å². The van der Waals surface area contributed by atoms with Gasteiger partial charge in [0.05, 0.1) is 6.04 Å². The van der Waals surface area contributed by atoms with E-state index in [4.69, 9.17) is 11.6 Å². The van der Waals surface area contributed by atoms with E-state index in [9.17, 15) is 29.9 Å². The molecule has 2 unspecified atom stereocenters. The Labute approximate surface area is 125 Å². The molecule has 0 bridgehead atoms. The summed E-state index contributed by atoms with van der Waals surface area (Å²) in [6, 6.07) is 2.71. The molecule has 0 radical (unpaired) electrons. The molecule has 0 aromatic heterocycles. The Morgan fingerprint density at radius 2 is 1.48 bits per heavy atom. The van der Waals surface area contributed by atoms with E-state index in [1.54, 1.807) is 0 Å². The minimum absolute atomic E-state index is 0.0768. The Morgan fingerprint density at radius 1 is 0.952 bits per heavy atom. The second-order valence-corrected chi connectivity index (χ2v) is 5.50. The van der Waals surface area contributed by atoms with E-state index in [1.165, 1.54) is 12.1 Å². The normalized spacial score (nSPS) is 36.7. The number of hydrogen-bond donors (Lipinski definition) is 6. The van der Waals surface area contributed by atoms with Crippen molar-refractivity contribution in [2.24, 2.45) is 0 Å². The van der Waals surface area contributed by atoms with Gasteiger partial charge in [-0.1, -0.05) is 17.7 Å². The summed E-state index contributed by atoms with van der Waals surface area (Å²) in [5, 5.41) is 51.3. The van der Waals surface area contributed by atoms with Crippen LogP contribution in [0.1, 0.15) is 5.56 Å². The van der Waals surface area contributed by atoms with Crippen LogP contribution in [0.25, 0.3) is 0 Å². The molecule has 0 amide bonds. The summed E-state index contributed by atoms with van der Waals surface area (Å²) in [6.45, 7) is 0.0768. The van der Waals surface area contributed by atoms with Gasteiger partial charge in [-0.05, 0) is 17.7 Å². The van der Waals surface area contributed by atoms with Gasteiger partial charge in [0.1, 0.15) is 36.3 Å². The van der Waals surface area contributed by atoms with Crippen LogP contribution < -0.4 is 5.32 Å². The number of benzene rings is 1. The van der Waals surface area contributed by atoms with E-state index in [0.29, 0.717) is 5.56 Å². The summed E-state index contributed by atoms with van der Waals surface area (Å²) in [5.74, 6) is -0.490. The average Bonchev–Trinajstić information content (AvgIpc) is 2.45. The van der Waals surface area contributed by atoms with Crippen molar-refractivity contribution in [3.63, 3.8) is 0 Å². The summed E-state index contributed by atoms with van der Waals surface area (Å²) >= 11 is 5.86. The Kier molecular flexibility index (Phi) is 5.15.